The minimum absolute atomic E-state index is 0.0335. The molecule has 1 aliphatic heterocycles. The van der Waals surface area contributed by atoms with Crippen LogP contribution in [0, 0.1) is 5.92 Å². The van der Waals surface area contributed by atoms with E-state index in [-0.39, 0.29) is 24.1 Å². The Hall–Kier alpha value is -0.660. The molecule has 1 amide bonds. The van der Waals surface area contributed by atoms with Crippen LogP contribution in [0.25, 0.3) is 0 Å². The van der Waals surface area contributed by atoms with Crippen molar-refractivity contribution in [1.29, 1.82) is 0 Å². The highest BCUT2D eigenvalue weighted by Crippen LogP contribution is 2.19. The molecule has 1 fully saturated rings. The minimum atomic E-state index is -3.23. The van der Waals surface area contributed by atoms with E-state index in [0.29, 0.717) is 25.9 Å². The molecule has 0 aromatic heterocycles. The molecular weight excluding hydrogens is 218 g/mol. The Morgan fingerprint density at radius 1 is 1.33 bits per heavy atom. The van der Waals surface area contributed by atoms with Crippen LogP contribution in [-0.2, 0) is 14.8 Å². The van der Waals surface area contributed by atoms with Crippen molar-refractivity contribution in [3.8, 4) is 0 Å². The number of piperidine rings is 1. The fraction of sp³-hybridized carbons (Fsp3) is 0.875. The molecule has 0 atom stereocenters. The second-order valence-electron chi connectivity index (χ2n) is 3.68. The number of rotatable bonds is 4. The molecule has 7 heteroatoms. The molecule has 0 aromatic rings. The van der Waals surface area contributed by atoms with Gasteiger partial charge in [-0.05, 0) is 12.8 Å². The van der Waals surface area contributed by atoms with Crippen LogP contribution in [0.2, 0.25) is 0 Å². The molecule has 1 aliphatic rings. The lowest BCUT2D eigenvalue weighted by atomic mass is 9.98. The van der Waals surface area contributed by atoms with Gasteiger partial charge in [-0.3, -0.25) is 4.79 Å². The molecule has 0 aliphatic carbocycles. The SMILES string of the molecule is NCCS(=O)(=O)N1CCC(C(N)=O)CC1. The first kappa shape index (κ1) is 12.4. The number of nitrogens with zero attached hydrogens (tertiary/aromatic N) is 1. The van der Waals surface area contributed by atoms with Crippen molar-refractivity contribution in [2.24, 2.45) is 17.4 Å². The van der Waals surface area contributed by atoms with E-state index >= 15 is 0 Å². The Morgan fingerprint density at radius 2 is 1.87 bits per heavy atom. The summed E-state index contributed by atoms with van der Waals surface area (Å²) in [4.78, 5) is 10.9. The van der Waals surface area contributed by atoms with Gasteiger partial charge in [-0.1, -0.05) is 0 Å². The van der Waals surface area contributed by atoms with E-state index in [0.717, 1.165) is 0 Å². The second kappa shape index (κ2) is 4.91. The van der Waals surface area contributed by atoms with Gasteiger partial charge in [0.25, 0.3) is 0 Å². The van der Waals surface area contributed by atoms with Crippen molar-refractivity contribution < 1.29 is 13.2 Å². The van der Waals surface area contributed by atoms with Crippen molar-refractivity contribution in [2.45, 2.75) is 12.8 Å². The Bertz CT molecular complexity index is 320. The monoisotopic (exact) mass is 235 g/mol. The van der Waals surface area contributed by atoms with E-state index in [2.05, 4.69) is 0 Å². The molecule has 0 unspecified atom stereocenters. The van der Waals surface area contributed by atoms with Crippen LogP contribution in [0.3, 0.4) is 0 Å². The number of sulfonamides is 1. The summed E-state index contributed by atoms with van der Waals surface area (Å²) >= 11 is 0. The number of primary amides is 1. The molecule has 0 saturated carbocycles. The maximum absolute atomic E-state index is 11.6. The van der Waals surface area contributed by atoms with Crippen LogP contribution in [0.1, 0.15) is 12.8 Å². The van der Waals surface area contributed by atoms with Crippen LogP contribution in [-0.4, -0.2) is 44.0 Å². The Labute approximate surface area is 89.6 Å². The largest absolute Gasteiger partial charge is 0.369 e. The zero-order valence-corrected chi connectivity index (χ0v) is 9.37. The summed E-state index contributed by atoms with van der Waals surface area (Å²) in [5, 5.41) is 0. The molecule has 6 nitrogen and oxygen atoms in total. The summed E-state index contributed by atoms with van der Waals surface area (Å²) in [6, 6.07) is 0. The lowest BCUT2D eigenvalue weighted by Crippen LogP contribution is -2.43. The Balaban J connectivity index is 2.54. The van der Waals surface area contributed by atoms with Crippen LogP contribution < -0.4 is 11.5 Å². The lowest BCUT2D eigenvalue weighted by molar-refractivity contribution is -0.122. The maximum atomic E-state index is 11.6. The van der Waals surface area contributed by atoms with E-state index in [9.17, 15) is 13.2 Å². The predicted octanol–water partition coefficient (Wildman–Crippen LogP) is -1.53. The average molecular weight is 235 g/mol. The van der Waals surface area contributed by atoms with Crippen molar-refractivity contribution in [3.05, 3.63) is 0 Å². The van der Waals surface area contributed by atoms with Gasteiger partial charge in [-0.15, -0.1) is 0 Å². The van der Waals surface area contributed by atoms with Crippen molar-refractivity contribution in [2.75, 3.05) is 25.4 Å². The van der Waals surface area contributed by atoms with E-state index in [4.69, 9.17) is 11.5 Å². The highest BCUT2D eigenvalue weighted by molar-refractivity contribution is 7.89. The fourth-order valence-corrected chi connectivity index (χ4v) is 3.02. The van der Waals surface area contributed by atoms with Gasteiger partial charge in [-0.25, -0.2) is 12.7 Å². The maximum Gasteiger partial charge on any atom is 0.220 e. The summed E-state index contributed by atoms with van der Waals surface area (Å²) in [5.41, 5.74) is 10.4. The van der Waals surface area contributed by atoms with Crippen molar-refractivity contribution in [1.82, 2.24) is 4.31 Å². The molecule has 0 bridgehead atoms. The third-order valence-electron chi connectivity index (χ3n) is 2.63. The Morgan fingerprint density at radius 3 is 2.27 bits per heavy atom. The van der Waals surface area contributed by atoms with Gasteiger partial charge in [0, 0.05) is 25.6 Å². The summed E-state index contributed by atoms with van der Waals surface area (Å²) in [6.45, 7) is 0.865. The molecular formula is C8H17N3O3S. The van der Waals surface area contributed by atoms with E-state index in [1.165, 1.54) is 4.31 Å². The van der Waals surface area contributed by atoms with Crippen LogP contribution >= 0.6 is 0 Å². The quantitative estimate of drug-likeness (QED) is 0.616. The summed E-state index contributed by atoms with van der Waals surface area (Å²) in [6.07, 6.45) is 1.03. The summed E-state index contributed by atoms with van der Waals surface area (Å²) in [7, 11) is -3.23. The molecule has 15 heavy (non-hydrogen) atoms. The topological polar surface area (TPSA) is 106 Å². The van der Waals surface area contributed by atoms with E-state index < -0.39 is 10.0 Å². The number of hydrogen-bond donors (Lipinski definition) is 2. The Kier molecular flexibility index (Phi) is 4.06. The zero-order valence-electron chi connectivity index (χ0n) is 8.55. The predicted molar refractivity (Wildman–Crippen MR) is 56.3 cm³/mol. The first-order chi connectivity index (χ1) is 6.97. The number of hydrogen-bond acceptors (Lipinski definition) is 4. The second-order valence-corrected chi connectivity index (χ2v) is 5.77. The van der Waals surface area contributed by atoms with Crippen LogP contribution in [0.4, 0.5) is 0 Å². The molecule has 88 valence electrons. The average Bonchev–Trinajstić information content (AvgIpc) is 2.18. The van der Waals surface area contributed by atoms with Gasteiger partial charge in [0.05, 0.1) is 5.75 Å². The van der Waals surface area contributed by atoms with Gasteiger partial charge < -0.3 is 11.5 Å². The van der Waals surface area contributed by atoms with Crippen LogP contribution in [0.5, 0.6) is 0 Å². The zero-order chi connectivity index (χ0) is 11.5. The third-order valence-corrected chi connectivity index (χ3v) is 4.53. The molecule has 0 spiro atoms. The molecule has 0 radical (unpaired) electrons. The smallest absolute Gasteiger partial charge is 0.220 e. The van der Waals surface area contributed by atoms with Crippen molar-refractivity contribution in [3.63, 3.8) is 0 Å². The number of amides is 1. The highest BCUT2D eigenvalue weighted by atomic mass is 32.2. The molecule has 1 heterocycles. The number of carbonyl (C=O) groups excluding carboxylic acids is 1. The van der Waals surface area contributed by atoms with Gasteiger partial charge in [0.1, 0.15) is 0 Å². The molecule has 1 saturated heterocycles. The fourth-order valence-electron chi connectivity index (χ4n) is 1.70. The van der Waals surface area contributed by atoms with Crippen molar-refractivity contribution >= 4 is 15.9 Å². The normalized spacial score (nSPS) is 20.3. The molecule has 0 aromatic carbocycles. The van der Waals surface area contributed by atoms with Gasteiger partial charge >= 0.3 is 0 Å². The highest BCUT2D eigenvalue weighted by Gasteiger charge is 2.29. The van der Waals surface area contributed by atoms with Crippen LogP contribution in [0.15, 0.2) is 0 Å². The minimum Gasteiger partial charge on any atom is -0.369 e. The van der Waals surface area contributed by atoms with E-state index in [1.54, 1.807) is 0 Å². The summed E-state index contributed by atoms with van der Waals surface area (Å²) in [5.74, 6) is -0.561. The lowest BCUT2D eigenvalue weighted by Gasteiger charge is -2.29. The van der Waals surface area contributed by atoms with Gasteiger partial charge in [0.15, 0.2) is 0 Å². The first-order valence-corrected chi connectivity index (χ1v) is 6.55. The van der Waals surface area contributed by atoms with Gasteiger partial charge in [0.2, 0.25) is 15.9 Å². The molecule has 1 rings (SSSR count). The summed E-state index contributed by atoms with van der Waals surface area (Å²) < 4.78 is 24.6. The van der Waals surface area contributed by atoms with Gasteiger partial charge in [-0.2, -0.15) is 0 Å². The number of carbonyl (C=O) groups is 1. The molecule has 4 N–H and O–H groups in total. The third kappa shape index (κ3) is 3.15. The standard InChI is InChI=1S/C8H17N3O3S/c9-3-6-15(13,14)11-4-1-7(2-5-11)8(10)12/h7H,1-6,9H2,(H2,10,12). The first-order valence-electron chi connectivity index (χ1n) is 4.94. The number of nitrogens with two attached hydrogens (primary N) is 2. The van der Waals surface area contributed by atoms with E-state index in [1.807, 2.05) is 0 Å².